The molecule has 0 amide bonds. The van der Waals surface area contributed by atoms with Gasteiger partial charge < -0.3 is 29.6 Å². The first-order chi connectivity index (χ1) is 28.0. The number of rotatable bonds is 18. The van der Waals surface area contributed by atoms with Crippen LogP contribution in [0.4, 0.5) is 11.4 Å². The molecule has 12 nitrogen and oxygen atoms in total. The maximum absolute atomic E-state index is 13.1. The molecule has 2 unspecified atom stereocenters. The molecule has 0 aliphatic carbocycles. The van der Waals surface area contributed by atoms with E-state index in [-0.39, 0.29) is 51.4 Å². The molecule has 18 heteroatoms. The van der Waals surface area contributed by atoms with Gasteiger partial charge in [-0.15, -0.1) is 0 Å². The predicted octanol–water partition coefficient (Wildman–Crippen LogP) is 9.91. The molecule has 0 saturated heterocycles. The minimum absolute atomic E-state index is 0.155. The monoisotopic (exact) mass is 904 g/mol. The third kappa shape index (κ3) is 12.7. The van der Waals surface area contributed by atoms with E-state index in [0.29, 0.717) is 41.5 Å². The smallest absolute Gasteiger partial charge is 0.383 e. The van der Waals surface area contributed by atoms with Gasteiger partial charge in [-0.05, 0) is 71.8 Å². The maximum atomic E-state index is 13.1. The van der Waals surface area contributed by atoms with Crippen LogP contribution in [-0.4, -0.2) is 56.3 Å². The Kier molecular flexibility index (Phi) is 15.6. The van der Waals surface area contributed by atoms with Crippen molar-refractivity contribution in [2.75, 3.05) is 23.7 Å². The van der Waals surface area contributed by atoms with E-state index in [1.54, 1.807) is 73.1 Å². The molecule has 2 N–H and O–H groups in total. The topological polar surface area (TPSA) is 131 Å². The molecule has 0 aliphatic rings. The zero-order valence-corrected chi connectivity index (χ0v) is 34.8. The number of carbonyl (C=O) groups excluding carboxylic acids is 2. The Morgan fingerprint density at radius 3 is 1.31 bits per heavy atom. The predicted molar refractivity (Wildman–Crippen MR) is 226 cm³/mol. The van der Waals surface area contributed by atoms with Crippen LogP contribution in [0.3, 0.4) is 0 Å². The number of hydrogen-bond donors (Lipinski definition) is 2. The lowest BCUT2D eigenvalue weighted by Gasteiger charge is -2.21. The van der Waals surface area contributed by atoms with Gasteiger partial charge in [-0.3, -0.25) is 9.13 Å². The first kappa shape index (κ1) is 43.1. The second-order valence-corrected chi connectivity index (χ2v) is 15.2. The van der Waals surface area contributed by atoms with E-state index in [2.05, 4.69) is 20.6 Å². The fraction of sp³-hybridized carbons (Fsp3) is 0.200. The van der Waals surface area contributed by atoms with Crippen molar-refractivity contribution in [2.24, 2.45) is 0 Å². The van der Waals surface area contributed by atoms with Crippen molar-refractivity contribution in [3.63, 3.8) is 0 Å². The van der Waals surface area contributed by atoms with Crippen molar-refractivity contribution in [1.82, 2.24) is 19.1 Å². The van der Waals surface area contributed by atoms with Gasteiger partial charge in [0.25, 0.3) is 0 Å². The van der Waals surface area contributed by atoms with E-state index in [4.69, 9.17) is 88.6 Å². The van der Waals surface area contributed by atoms with Crippen molar-refractivity contribution in [2.45, 2.75) is 38.5 Å². The SMILES string of the molecule is O=C(Oc1nccn1CC(CNc1ccc(Cl)cc1Cl)OCc1ccc(Cl)cc1)C(=O)Oc1nccn1CC(CNc1ccc(Cl)cc1Cl)OCc1ccc(Cl)cc1. The van der Waals surface area contributed by atoms with E-state index in [1.807, 2.05) is 24.3 Å². The summed E-state index contributed by atoms with van der Waals surface area (Å²) < 4.78 is 26.4. The lowest BCUT2D eigenvalue weighted by molar-refractivity contribution is -0.157. The molecule has 4 aromatic carbocycles. The highest BCUT2D eigenvalue weighted by Gasteiger charge is 2.25. The Morgan fingerprint density at radius 1 is 0.552 bits per heavy atom. The Balaban J connectivity index is 1.09. The second-order valence-electron chi connectivity index (χ2n) is 12.6. The molecule has 0 spiro atoms. The van der Waals surface area contributed by atoms with Crippen LogP contribution in [-0.2, 0) is 45.4 Å². The van der Waals surface area contributed by atoms with Crippen molar-refractivity contribution in [3.05, 3.63) is 151 Å². The number of nitrogens with zero attached hydrogens (tertiary/aromatic N) is 4. The number of imidazole rings is 2. The number of aromatic nitrogens is 4. The molecule has 58 heavy (non-hydrogen) atoms. The van der Waals surface area contributed by atoms with Crippen LogP contribution in [0.1, 0.15) is 11.1 Å². The van der Waals surface area contributed by atoms with Crippen LogP contribution in [0.5, 0.6) is 12.0 Å². The van der Waals surface area contributed by atoms with E-state index in [0.717, 1.165) is 11.1 Å². The molecule has 6 rings (SSSR count). The fourth-order valence-electron chi connectivity index (χ4n) is 5.42. The van der Waals surface area contributed by atoms with Crippen molar-refractivity contribution in [1.29, 1.82) is 0 Å². The number of nitrogens with one attached hydrogen (secondary N) is 2. The molecule has 0 radical (unpaired) electrons. The summed E-state index contributed by atoms with van der Waals surface area (Å²) in [5.74, 6) is -2.64. The first-order valence-electron chi connectivity index (χ1n) is 17.5. The van der Waals surface area contributed by atoms with Crippen LogP contribution < -0.4 is 20.1 Å². The summed E-state index contributed by atoms with van der Waals surface area (Å²) in [6.45, 7) is 1.41. The molecular formula is C40H34Cl6N6O6. The zero-order valence-electron chi connectivity index (χ0n) is 30.3. The standard InChI is InChI=1S/C40H34Cl6N6O6/c41-27-5-1-25(2-6-27)23-55-31(19-49-35-11-9-29(43)17-33(35)45)21-51-15-13-47-39(51)57-37(53)38(54)58-40-48-14-16-52(40)22-32(56-24-26-3-7-28(42)8-4-26)20-50-36-12-10-30(44)18-34(36)46/h1-18,31-32,49-50H,19-24H2. The molecule has 0 aliphatic heterocycles. The highest BCUT2D eigenvalue weighted by molar-refractivity contribution is 6.37. The average Bonchev–Trinajstić information content (AvgIpc) is 3.84. The molecule has 2 atom stereocenters. The van der Waals surface area contributed by atoms with Crippen LogP contribution in [0, 0.1) is 0 Å². The third-order valence-corrected chi connectivity index (χ3v) is 9.99. The van der Waals surface area contributed by atoms with Gasteiger partial charge in [0.15, 0.2) is 0 Å². The lowest BCUT2D eigenvalue weighted by atomic mass is 10.2. The maximum Gasteiger partial charge on any atom is 0.425 e. The Bertz CT molecular complexity index is 2150. The number of esters is 2. The van der Waals surface area contributed by atoms with E-state index >= 15 is 0 Å². The minimum Gasteiger partial charge on any atom is -0.383 e. The molecule has 302 valence electrons. The van der Waals surface area contributed by atoms with Gasteiger partial charge in [-0.25, -0.2) is 19.6 Å². The van der Waals surface area contributed by atoms with Crippen molar-refractivity contribution in [3.8, 4) is 12.0 Å². The van der Waals surface area contributed by atoms with Gasteiger partial charge in [-0.2, -0.15) is 0 Å². The Morgan fingerprint density at radius 2 is 0.931 bits per heavy atom. The van der Waals surface area contributed by atoms with Gasteiger partial charge in [0.2, 0.25) is 0 Å². The van der Waals surface area contributed by atoms with Crippen molar-refractivity contribution >= 4 is 92.9 Å². The summed E-state index contributed by atoms with van der Waals surface area (Å²) in [6, 6.07) is 24.4. The molecule has 0 saturated carbocycles. The fourth-order valence-corrected chi connectivity index (χ4v) is 6.62. The first-order valence-corrected chi connectivity index (χ1v) is 19.8. The van der Waals surface area contributed by atoms with Crippen LogP contribution in [0.15, 0.2) is 110 Å². The van der Waals surface area contributed by atoms with Crippen LogP contribution in [0.2, 0.25) is 30.1 Å². The minimum atomic E-state index is -1.32. The summed E-state index contributed by atoms with van der Waals surface area (Å²) >= 11 is 37.0. The highest BCUT2D eigenvalue weighted by Crippen LogP contribution is 2.27. The number of anilines is 2. The quantitative estimate of drug-likeness (QED) is 0.0635. The third-order valence-electron chi connectivity index (χ3n) is 8.39. The summed E-state index contributed by atoms with van der Waals surface area (Å²) in [6.07, 6.45) is 5.02. The number of halogens is 6. The number of hydrogen-bond acceptors (Lipinski definition) is 10. The normalized spacial score (nSPS) is 12.2. The summed E-state index contributed by atoms with van der Waals surface area (Å²) in [4.78, 5) is 34.5. The largest absolute Gasteiger partial charge is 0.425 e. The van der Waals surface area contributed by atoms with Gasteiger partial charge in [0, 0.05) is 58.0 Å². The molecule has 6 aromatic rings. The molecule has 2 heterocycles. The van der Waals surface area contributed by atoms with E-state index in [1.165, 1.54) is 21.5 Å². The number of carbonyl (C=O) groups is 2. The number of ether oxygens (including phenoxy) is 4. The number of benzene rings is 4. The van der Waals surface area contributed by atoms with Gasteiger partial charge in [0.05, 0.1) is 59.9 Å². The van der Waals surface area contributed by atoms with Gasteiger partial charge in [0.1, 0.15) is 0 Å². The lowest BCUT2D eigenvalue weighted by Crippen LogP contribution is -2.31. The average molecular weight is 907 g/mol. The second kappa shape index (κ2) is 21.0. The Hall–Kier alpha value is -4.50. The summed E-state index contributed by atoms with van der Waals surface area (Å²) in [5, 5.41) is 9.59. The zero-order chi connectivity index (χ0) is 41.0. The van der Waals surface area contributed by atoms with Gasteiger partial charge >= 0.3 is 24.0 Å². The van der Waals surface area contributed by atoms with E-state index in [9.17, 15) is 9.59 Å². The molecule has 0 fully saturated rings. The molecule has 0 bridgehead atoms. The van der Waals surface area contributed by atoms with Crippen LogP contribution in [0.25, 0.3) is 0 Å². The van der Waals surface area contributed by atoms with Crippen molar-refractivity contribution < 1.29 is 28.5 Å². The summed E-state index contributed by atoms with van der Waals surface area (Å²) in [7, 11) is 0. The van der Waals surface area contributed by atoms with E-state index < -0.39 is 24.1 Å². The van der Waals surface area contributed by atoms with Crippen LogP contribution >= 0.6 is 69.6 Å². The highest BCUT2D eigenvalue weighted by atomic mass is 35.5. The van der Waals surface area contributed by atoms with Gasteiger partial charge in [-0.1, -0.05) is 93.9 Å². The Labute approximate surface area is 363 Å². The molecular weight excluding hydrogens is 873 g/mol. The summed E-state index contributed by atoms with van der Waals surface area (Å²) in [5.41, 5.74) is 3.07. The molecule has 2 aromatic heterocycles.